The number of piperidine rings is 1. The summed E-state index contributed by atoms with van der Waals surface area (Å²) in [6, 6.07) is 8.85. The number of benzene rings is 1. The predicted molar refractivity (Wildman–Crippen MR) is 84.7 cm³/mol. The third-order valence-corrected chi connectivity index (χ3v) is 3.95. The van der Waals surface area contributed by atoms with Crippen LogP contribution in [0.25, 0.3) is 0 Å². The van der Waals surface area contributed by atoms with Crippen LogP contribution in [0.4, 0.5) is 0 Å². The molecule has 0 amide bonds. The first-order valence-electron chi connectivity index (χ1n) is 7.86. The van der Waals surface area contributed by atoms with Crippen molar-refractivity contribution in [3.63, 3.8) is 0 Å². The van der Waals surface area contributed by atoms with Crippen molar-refractivity contribution in [1.29, 1.82) is 0 Å². The molecule has 1 aromatic carbocycles. The Bertz CT molecular complexity index is 414. The molecule has 0 atom stereocenters. The zero-order chi connectivity index (χ0) is 14.6. The summed E-state index contributed by atoms with van der Waals surface area (Å²) in [5.74, 6) is 0.901. The molecule has 0 N–H and O–H groups in total. The minimum absolute atomic E-state index is 0.0704. The van der Waals surface area contributed by atoms with Crippen LogP contribution in [0.5, 0.6) is 0 Å². The van der Waals surface area contributed by atoms with E-state index in [0.29, 0.717) is 6.61 Å². The molecule has 1 heterocycles. The Labute approximate surface area is 124 Å². The van der Waals surface area contributed by atoms with Crippen LogP contribution in [0.3, 0.4) is 0 Å². The fraction of sp³-hybridized carbons (Fsp3) is 0.667. The summed E-state index contributed by atoms with van der Waals surface area (Å²) >= 11 is 0. The molecule has 20 heavy (non-hydrogen) atoms. The minimum Gasteiger partial charge on any atom is -0.371 e. The standard InChI is InChI=1S/C18H29NO/c1-15-8-10-19(11-9-15)13-16-6-5-7-17(12-16)14-20-18(2,3)4/h5-7,12,15H,8-11,13-14H2,1-4H3. The van der Waals surface area contributed by atoms with Crippen molar-refractivity contribution >= 4 is 0 Å². The van der Waals surface area contributed by atoms with Gasteiger partial charge in [0.25, 0.3) is 0 Å². The second kappa shape index (κ2) is 6.73. The fourth-order valence-corrected chi connectivity index (χ4v) is 2.60. The molecule has 0 radical (unpaired) electrons. The lowest BCUT2D eigenvalue weighted by atomic mass is 9.98. The Balaban J connectivity index is 1.89. The highest BCUT2D eigenvalue weighted by atomic mass is 16.5. The average molecular weight is 275 g/mol. The van der Waals surface area contributed by atoms with Crippen LogP contribution in [0.1, 0.15) is 51.7 Å². The Kier molecular flexibility index (Phi) is 5.22. The molecule has 1 aliphatic heterocycles. The van der Waals surface area contributed by atoms with Crippen LogP contribution >= 0.6 is 0 Å². The van der Waals surface area contributed by atoms with E-state index in [9.17, 15) is 0 Å². The lowest BCUT2D eigenvalue weighted by molar-refractivity contribution is -0.0150. The molecule has 0 aromatic heterocycles. The summed E-state index contributed by atoms with van der Waals surface area (Å²) in [6.45, 7) is 12.9. The van der Waals surface area contributed by atoms with Crippen molar-refractivity contribution in [2.45, 2.75) is 59.3 Å². The van der Waals surface area contributed by atoms with Crippen LogP contribution in [0.15, 0.2) is 24.3 Å². The van der Waals surface area contributed by atoms with Crippen molar-refractivity contribution in [1.82, 2.24) is 4.90 Å². The molecule has 112 valence electrons. The van der Waals surface area contributed by atoms with Gasteiger partial charge in [0.15, 0.2) is 0 Å². The van der Waals surface area contributed by atoms with Gasteiger partial charge in [-0.25, -0.2) is 0 Å². The average Bonchev–Trinajstić information content (AvgIpc) is 2.39. The van der Waals surface area contributed by atoms with Crippen molar-refractivity contribution in [2.24, 2.45) is 5.92 Å². The van der Waals surface area contributed by atoms with Crippen molar-refractivity contribution < 1.29 is 4.74 Å². The molecule has 1 aliphatic rings. The van der Waals surface area contributed by atoms with E-state index < -0.39 is 0 Å². The number of hydrogen-bond donors (Lipinski definition) is 0. The van der Waals surface area contributed by atoms with E-state index in [1.165, 1.54) is 37.1 Å². The molecular weight excluding hydrogens is 246 g/mol. The van der Waals surface area contributed by atoms with Gasteiger partial charge in [-0.15, -0.1) is 0 Å². The third-order valence-electron chi connectivity index (χ3n) is 3.95. The SMILES string of the molecule is CC1CCN(Cc2cccc(COC(C)(C)C)c2)CC1. The van der Waals surface area contributed by atoms with E-state index in [-0.39, 0.29) is 5.60 Å². The van der Waals surface area contributed by atoms with E-state index in [4.69, 9.17) is 4.74 Å². The van der Waals surface area contributed by atoms with Gasteiger partial charge in [-0.3, -0.25) is 4.90 Å². The van der Waals surface area contributed by atoms with Gasteiger partial charge in [0.05, 0.1) is 12.2 Å². The Morgan fingerprint density at radius 1 is 1.15 bits per heavy atom. The monoisotopic (exact) mass is 275 g/mol. The number of likely N-dealkylation sites (tertiary alicyclic amines) is 1. The fourth-order valence-electron chi connectivity index (χ4n) is 2.60. The van der Waals surface area contributed by atoms with Gasteiger partial charge < -0.3 is 4.74 Å². The maximum Gasteiger partial charge on any atom is 0.0724 e. The molecule has 1 fully saturated rings. The summed E-state index contributed by atoms with van der Waals surface area (Å²) in [6.07, 6.45) is 2.68. The summed E-state index contributed by atoms with van der Waals surface area (Å²) in [4.78, 5) is 2.57. The highest BCUT2D eigenvalue weighted by Gasteiger charge is 2.16. The lowest BCUT2D eigenvalue weighted by Crippen LogP contribution is -2.32. The van der Waals surface area contributed by atoms with E-state index in [2.05, 4.69) is 56.9 Å². The van der Waals surface area contributed by atoms with Crippen LogP contribution in [0, 0.1) is 5.92 Å². The predicted octanol–water partition coefficient (Wildman–Crippen LogP) is 4.23. The summed E-state index contributed by atoms with van der Waals surface area (Å²) in [5, 5.41) is 0. The van der Waals surface area contributed by atoms with Crippen molar-refractivity contribution in [3.8, 4) is 0 Å². The van der Waals surface area contributed by atoms with Crippen LogP contribution in [-0.2, 0) is 17.9 Å². The number of nitrogens with zero attached hydrogens (tertiary/aromatic N) is 1. The second-order valence-electron chi connectivity index (χ2n) is 7.18. The third kappa shape index (κ3) is 5.26. The molecule has 2 rings (SSSR count). The molecule has 2 heteroatoms. The zero-order valence-corrected chi connectivity index (χ0v) is 13.5. The molecule has 0 spiro atoms. The highest BCUT2D eigenvalue weighted by molar-refractivity contribution is 5.23. The Morgan fingerprint density at radius 2 is 1.80 bits per heavy atom. The summed E-state index contributed by atoms with van der Waals surface area (Å²) in [7, 11) is 0. The molecule has 0 aliphatic carbocycles. The van der Waals surface area contributed by atoms with E-state index in [1.807, 2.05) is 0 Å². The minimum atomic E-state index is -0.0704. The van der Waals surface area contributed by atoms with Gasteiger partial charge in [0.1, 0.15) is 0 Å². The van der Waals surface area contributed by atoms with E-state index in [0.717, 1.165) is 12.5 Å². The smallest absolute Gasteiger partial charge is 0.0724 e. The van der Waals surface area contributed by atoms with Gasteiger partial charge in [-0.05, 0) is 63.7 Å². The van der Waals surface area contributed by atoms with Crippen LogP contribution < -0.4 is 0 Å². The van der Waals surface area contributed by atoms with Gasteiger partial charge in [0, 0.05) is 6.54 Å². The molecule has 1 saturated heterocycles. The highest BCUT2D eigenvalue weighted by Crippen LogP contribution is 2.19. The molecule has 0 saturated carbocycles. The van der Waals surface area contributed by atoms with Gasteiger partial charge in [0.2, 0.25) is 0 Å². The quantitative estimate of drug-likeness (QED) is 0.815. The topological polar surface area (TPSA) is 12.5 Å². The zero-order valence-electron chi connectivity index (χ0n) is 13.5. The van der Waals surface area contributed by atoms with E-state index >= 15 is 0 Å². The van der Waals surface area contributed by atoms with Crippen LogP contribution in [0.2, 0.25) is 0 Å². The van der Waals surface area contributed by atoms with E-state index in [1.54, 1.807) is 0 Å². The van der Waals surface area contributed by atoms with Gasteiger partial charge >= 0.3 is 0 Å². The summed E-state index contributed by atoms with van der Waals surface area (Å²) in [5.41, 5.74) is 2.62. The second-order valence-corrected chi connectivity index (χ2v) is 7.18. The maximum absolute atomic E-state index is 5.86. The van der Waals surface area contributed by atoms with Gasteiger partial charge in [-0.2, -0.15) is 0 Å². The number of hydrogen-bond acceptors (Lipinski definition) is 2. The maximum atomic E-state index is 5.86. The largest absolute Gasteiger partial charge is 0.371 e. The van der Waals surface area contributed by atoms with Crippen molar-refractivity contribution in [2.75, 3.05) is 13.1 Å². The first kappa shape index (κ1) is 15.5. The normalized spacial score (nSPS) is 18.4. The lowest BCUT2D eigenvalue weighted by Gasteiger charge is -2.30. The van der Waals surface area contributed by atoms with Crippen LogP contribution in [-0.4, -0.2) is 23.6 Å². The molecule has 2 nitrogen and oxygen atoms in total. The summed E-state index contributed by atoms with van der Waals surface area (Å²) < 4.78 is 5.86. The number of ether oxygens (including phenoxy) is 1. The molecule has 0 unspecified atom stereocenters. The first-order valence-corrected chi connectivity index (χ1v) is 7.86. The van der Waals surface area contributed by atoms with Gasteiger partial charge in [-0.1, -0.05) is 31.2 Å². The van der Waals surface area contributed by atoms with Crippen molar-refractivity contribution in [3.05, 3.63) is 35.4 Å². The molecule has 1 aromatic rings. The molecule has 0 bridgehead atoms. The number of rotatable bonds is 4. The Hall–Kier alpha value is -0.860. The first-order chi connectivity index (χ1) is 9.42. The Morgan fingerprint density at radius 3 is 2.45 bits per heavy atom. The molecular formula is C18H29NO.